The molecule has 2 rings (SSSR count). The standard InChI is InChI=1S/C16H23FN2O/c1-12-10-13(17)6-7-14(12)15(20)19(4)11-16(18(2)3)8-5-9-16/h6-7,10H,5,8-9,11H2,1-4H3. The van der Waals surface area contributed by atoms with Crippen molar-refractivity contribution >= 4 is 5.91 Å². The third kappa shape index (κ3) is 2.70. The Balaban J connectivity index is 2.12. The summed E-state index contributed by atoms with van der Waals surface area (Å²) in [4.78, 5) is 16.5. The Hall–Kier alpha value is -1.42. The summed E-state index contributed by atoms with van der Waals surface area (Å²) in [6.07, 6.45) is 3.47. The highest BCUT2D eigenvalue weighted by atomic mass is 19.1. The summed E-state index contributed by atoms with van der Waals surface area (Å²) in [6.45, 7) is 2.49. The molecule has 0 heterocycles. The number of hydrogen-bond acceptors (Lipinski definition) is 2. The molecule has 1 fully saturated rings. The second-order valence-corrected chi connectivity index (χ2v) is 6.09. The van der Waals surface area contributed by atoms with Crippen LogP contribution in [-0.2, 0) is 0 Å². The van der Waals surface area contributed by atoms with E-state index in [9.17, 15) is 9.18 Å². The summed E-state index contributed by atoms with van der Waals surface area (Å²) >= 11 is 0. The van der Waals surface area contributed by atoms with Crippen molar-refractivity contribution in [3.63, 3.8) is 0 Å². The van der Waals surface area contributed by atoms with Crippen molar-refractivity contribution in [2.24, 2.45) is 0 Å². The number of carbonyl (C=O) groups is 1. The van der Waals surface area contributed by atoms with Crippen LogP contribution in [0.25, 0.3) is 0 Å². The van der Waals surface area contributed by atoms with Crippen molar-refractivity contribution in [3.8, 4) is 0 Å². The topological polar surface area (TPSA) is 23.6 Å². The molecule has 0 aromatic heterocycles. The van der Waals surface area contributed by atoms with E-state index in [4.69, 9.17) is 0 Å². The first-order valence-electron chi connectivity index (χ1n) is 7.05. The molecule has 0 bridgehead atoms. The van der Waals surface area contributed by atoms with E-state index in [-0.39, 0.29) is 17.3 Å². The van der Waals surface area contributed by atoms with Crippen molar-refractivity contribution in [1.29, 1.82) is 0 Å². The number of rotatable bonds is 4. The van der Waals surface area contributed by atoms with Crippen molar-refractivity contribution in [2.75, 3.05) is 27.7 Å². The average molecular weight is 278 g/mol. The molecule has 3 nitrogen and oxygen atoms in total. The van der Waals surface area contributed by atoms with Gasteiger partial charge in [-0.2, -0.15) is 0 Å². The molecule has 0 spiro atoms. The molecular weight excluding hydrogens is 255 g/mol. The lowest BCUT2D eigenvalue weighted by Gasteiger charge is -2.49. The Morgan fingerprint density at radius 3 is 2.40 bits per heavy atom. The lowest BCUT2D eigenvalue weighted by Crippen LogP contribution is -2.57. The zero-order chi connectivity index (χ0) is 14.9. The van der Waals surface area contributed by atoms with Gasteiger partial charge < -0.3 is 9.80 Å². The molecule has 0 N–H and O–H groups in total. The minimum atomic E-state index is -0.301. The molecule has 0 atom stereocenters. The van der Waals surface area contributed by atoms with E-state index in [1.807, 2.05) is 7.05 Å². The Labute approximate surface area is 120 Å². The number of benzene rings is 1. The van der Waals surface area contributed by atoms with E-state index in [0.717, 1.165) is 19.4 Å². The largest absolute Gasteiger partial charge is 0.340 e. The quantitative estimate of drug-likeness (QED) is 0.845. The number of likely N-dealkylation sites (N-methyl/N-ethyl adjacent to an activating group) is 2. The molecule has 1 saturated carbocycles. The van der Waals surface area contributed by atoms with Gasteiger partial charge in [0.25, 0.3) is 5.91 Å². The van der Waals surface area contributed by atoms with E-state index in [0.29, 0.717) is 11.1 Å². The normalized spacial score (nSPS) is 16.9. The molecule has 1 aliphatic rings. The number of amides is 1. The second kappa shape index (κ2) is 5.52. The van der Waals surface area contributed by atoms with Gasteiger partial charge in [0.2, 0.25) is 0 Å². The monoisotopic (exact) mass is 278 g/mol. The predicted octanol–water partition coefficient (Wildman–Crippen LogP) is 2.69. The summed E-state index contributed by atoms with van der Waals surface area (Å²) in [5.74, 6) is -0.332. The van der Waals surface area contributed by atoms with E-state index in [1.54, 1.807) is 17.9 Å². The number of carbonyl (C=O) groups excluding carboxylic acids is 1. The molecule has 1 amide bonds. The summed E-state index contributed by atoms with van der Waals surface area (Å²) < 4.78 is 13.1. The smallest absolute Gasteiger partial charge is 0.253 e. The number of hydrogen-bond donors (Lipinski definition) is 0. The highest BCUT2D eigenvalue weighted by molar-refractivity contribution is 5.95. The Morgan fingerprint density at radius 2 is 1.95 bits per heavy atom. The lowest BCUT2D eigenvalue weighted by atomic mass is 9.75. The molecule has 0 radical (unpaired) electrons. The van der Waals surface area contributed by atoms with E-state index in [2.05, 4.69) is 19.0 Å². The van der Waals surface area contributed by atoms with Crippen LogP contribution < -0.4 is 0 Å². The van der Waals surface area contributed by atoms with Crippen LogP contribution in [0, 0.1) is 12.7 Å². The fourth-order valence-corrected chi connectivity index (χ4v) is 2.92. The van der Waals surface area contributed by atoms with Crippen molar-refractivity contribution in [2.45, 2.75) is 31.7 Å². The van der Waals surface area contributed by atoms with Crippen molar-refractivity contribution in [3.05, 3.63) is 35.1 Å². The molecule has 4 heteroatoms. The van der Waals surface area contributed by atoms with Gasteiger partial charge in [-0.15, -0.1) is 0 Å². The average Bonchev–Trinajstić information content (AvgIpc) is 2.32. The first-order valence-corrected chi connectivity index (χ1v) is 7.05. The fraction of sp³-hybridized carbons (Fsp3) is 0.562. The van der Waals surface area contributed by atoms with Gasteiger partial charge in [0.05, 0.1) is 0 Å². The van der Waals surface area contributed by atoms with Crippen LogP contribution in [0.3, 0.4) is 0 Å². The van der Waals surface area contributed by atoms with E-state index < -0.39 is 0 Å². The van der Waals surface area contributed by atoms with Gasteiger partial charge in [-0.3, -0.25) is 4.79 Å². The maximum absolute atomic E-state index is 13.1. The van der Waals surface area contributed by atoms with E-state index >= 15 is 0 Å². The first kappa shape index (κ1) is 15.0. The van der Waals surface area contributed by atoms with Crippen LogP contribution in [0.15, 0.2) is 18.2 Å². The molecule has 110 valence electrons. The van der Waals surface area contributed by atoms with Gasteiger partial charge in [0.15, 0.2) is 0 Å². The third-order valence-electron chi connectivity index (χ3n) is 4.53. The zero-order valence-corrected chi connectivity index (χ0v) is 12.7. The minimum absolute atomic E-state index is 0.0318. The SMILES string of the molecule is Cc1cc(F)ccc1C(=O)N(C)CC1(N(C)C)CCC1. The van der Waals surface area contributed by atoms with Gasteiger partial charge in [0, 0.05) is 24.7 Å². The van der Waals surface area contributed by atoms with Crippen LogP contribution in [0.2, 0.25) is 0 Å². The molecular formula is C16H23FN2O. The Bertz CT molecular complexity index is 509. The van der Waals surface area contributed by atoms with Gasteiger partial charge >= 0.3 is 0 Å². The van der Waals surface area contributed by atoms with Crippen molar-refractivity contribution < 1.29 is 9.18 Å². The lowest BCUT2D eigenvalue weighted by molar-refractivity contribution is 0.0252. The van der Waals surface area contributed by atoms with Crippen LogP contribution in [-0.4, -0.2) is 48.9 Å². The Morgan fingerprint density at radius 1 is 1.30 bits per heavy atom. The maximum atomic E-state index is 13.1. The minimum Gasteiger partial charge on any atom is -0.340 e. The van der Waals surface area contributed by atoms with Gasteiger partial charge in [-0.05, 0) is 64.0 Å². The molecule has 1 aromatic rings. The molecule has 1 aromatic carbocycles. The third-order valence-corrected chi connectivity index (χ3v) is 4.53. The summed E-state index contributed by atoms with van der Waals surface area (Å²) in [7, 11) is 5.97. The fourth-order valence-electron chi connectivity index (χ4n) is 2.92. The van der Waals surface area contributed by atoms with Crippen LogP contribution in [0.1, 0.15) is 35.2 Å². The maximum Gasteiger partial charge on any atom is 0.253 e. The first-order chi connectivity index (χ1) is 9.35. The van der Waals surface area contributed by atoms with E-state index in [1.165, 1.54) is 18.6 Å². The van der Waals surface area contributed by atoms with Gasteiger partial charge in [-0.25, -0.2) is 4.39 Å². The predicted molar refractivity (Wildman–Crippen MR) is 78.4 cm³/mol. The molecule has 0 aliphatic heterocycles. The molecule has 20 heavy (non-hydrogen) atoms. The highest BCUT2D eigenvalue weighted by Crippen LogP contribution is 2.36. The second-order valence-electron chi connectivity index (χ2n) is 6.09. The van der Waals surface area contributed by atoms with Gasteiger partial charge in [0.1, 0.15) is 5.82 Å². The Kier molecular flexibility index (Phi) is 4.14. The summed E-state index contributed by atoms with van der Waals surface area (Å²) in [6, 6.07) is 4.33. The molecule has 1 aliphatic carbocycles. The van der Waals surface area contributed by atoms with Gasteiger partial charge in [-0.1, -0.05) is 0 Å². The zero-order valence-electron chi connectivity index (χ0n) is 12.7. The molecule has 0 unspecified atom stereocenters. The molecule has 0 saturated heterocycles. The highest BCUT2D eigenvalue weighted by Gasteiger charge is 2.40. The summed E-state index contributed by atoms with van der Waals surface area (Å²) in [5, 5.41) is 0. The number of aryl methyl sites for hydroxylation is 1. The summed E-state index contributed by atoms with van der Waals surface area (Å²) in [5.41, 5.74) is 1.38. The number of halogens is 1. The van der Waals surface area contributed by atoms with Crippen LogP contribution >= 0.6 is 0 Å². The number of nitrogens with zero attached hydrogens (tertiary/aromatic N) is 2. The van der Waals surface area contributed by atoms with Crippen LogP contribution in [0.5, 0.6) is 0 Å². The van der Waals surface area contributed by atoms with Crippen LogP contribution in [0.4, 0.5) is 4.39 Å². The van der Waals surface area contributed by atoms with Crippen molar-refractivity contribution in [1.82, 2.24) is 9.80 Å².